The Morgan fingerprint density at radius 1 is 1.50 bits per heavy atom. The Morgan fingerprint density at radius 3 is 2.83 bits per heavy atom. The van der Waals surface area contributed by atoms with Crippen molar-refractivity contribution in [1.82, 2.24) is 4.90 Å². The third-order valence-electron chi connectivity index (χ3n) is 3.39. The van der Waals surface area contributed by atoms with Gasteiger partial charge in [-0.05, 0) is 44.5 Å². The Balaban J connectivity index is 1.94. The molecular formula is C14H21N3S. The molecule has 18 heavy (non-hydrogen) atoms. The van der Waals surface area contributed by atoms with E-state index in [-0.39, 0.29) is 0 Å². The summed E-state index contributed by atoms with van der Waals surface area (Å²) in [5, 5.41) is 3.44. The average Bonchev–Trinajstić information content (AvgIpc) is 3.12. The molecule has 0 unspecified atom stereocenters. The zero-order valence-corrected chi connectivity index (χ0v) is 11.9. The molecule has 1 fully saturated rings. The maximum absolute atomic E-state index is 5.74. The maximum atomic E-state index is 5.74. The maximum Gasteiger partial charge on any atom is 0.106 e. The van der Waals surface area contributed by atoms with E-state index in [0.29, 0.717) is 4.99 Å². The number of rotatable bonds is 6. The minimum atomic E-state index is 0.452. The van der Waals surface area contributed by atoms with Crippen molar-refractivity contribution in [2.75, 3.05) is 25.5 Å². The number of hydrogen-bond acceptors (Lipinski definition) is 3. The summed E-state index contributed by atoms with van der Waals surface area (Å²) in [6.07, 6.45) is 2.69. The molecule has 0 aromatic heterocycles. The lowest BCUT2D eigenvalue weighted by Gasteiger charge is -2.17. The van der Waals surface area contributed by atoms with Gasteiger partial charge in [0.05, 0.1) is 0 Å². The molecule has 2 rings (SSSR count). The van der Waals surface area contributed by atoms with Crippen LogP contribution in [0.3, 0.4) is 0 Å². The van der Waals surface area contributed by atoms with Gasteiger partial charge < -0.3 is 16.0 Å². The van der Waals surface area contributed by atoms with Crippen LogP contribution in [-0.4, -0.2) is 36.1 Å². The van der Waals surface area contributed by atoms with Gasteiger partial charge in [0.25, 0.3) is 0 Å². The zero-order valence-electron chi connectivity index (χ0n) is 11.1. The third kappa shape index (κ3) is 3.43. The van der Waals surface area contributed by atoms with Crippen LogP contribution < -0.4 is 11.1 Å². The van der Waals surface area contributed by atoms with Crippen LogP contribution in [-0.2, 0) is 0 Å². The highest BCUT2D eigenvalue weighted by atomic mass is 32.1. The van der Waals surface area contributed by atoms with Crippen molar-refractivity contribution in [2.24, 2.45) is 5.73 Å². The fourth-order valence-corrected chi connectivity index (χ4v) is 2.26. The van der Waals surface area contributed by atoms with Crippen LogP contribution in [0, 0.1) is 6.92 Å². The van der Waals surface area contributed by atoms with Gasteiger partial charge in [-0.2, -0.15) is 0 Å². The number of likely N-dealkylation sites (N-methyl/N-ethyl adjacent to an activating group) is 1. The first-order valence-corrected chi connectivity index (χ1v) is 6.83. The van der Waals surface area contributed by atoms with Crippen molar-refractivity contribution < 1.29 is 0 Å². The molecule has 3 N–H and O–H groups in total. The smallest absolute Gasteiger partial charge is 0.106 e. The molecule has 0 saturated heterocycles. The molecule has 0 aliphatic heterocycles. The first-order chi connectivity index (χ1) is 8.58. The Bertz CT molecular complexity index is 441. The van der Waals surface area contributed by atoms with E-state index in [1.54, 1.807) is 0 Å². The fourth-order valence-electron chi connectivity index (χ4n) is 2.08. The Morgan fingerprint density at radius 2 is 2.22 bits per heavy atom. The summed E-state index contributed by atoms with van der Waals surface area (Å²) in [6.45, 7) is 4.05. The van der Waals surface area contributed by atoms with Crippen LogP contribution in [0.4, 0.5) is 5.69 Å². The van der Waals surface area contributed by atoms with Gasteiger partial charge in [0, 0.05) is 30.4 Å². The summed E-state index contributed by atoms with van der Waals surface area (Å²) in [5.74, 6) is 0. The molecule has 0 radical (unpaired) electrons. The van der Waals surface area contributed by atoms with Crippen molar-refractivity contribution in [2.45, 2.75) is 25.8 Å². The van der Waals surface area contributed by atoms with Gasteiger partial charge in [-0.3, -0.25) is 0 Å². The molecule has 0 atom stereocenters. The van der Waals surface area contributed by atoms with Crippen LogP contribution in [0.5, 0.6) is 0 Å². The lowest BCUT2D eigenvalue weighted by molar-refractivity contribution is 0.337. The molecule has 1 aromatic rings. The quantitative estimate of drug-likeness (QED) is 0.772. The first kappa shape index (κ1) is 13.3. The highest BCUT2D eigenvalue weighted by Gasteiger charge is 2.25. The van der Waals surface area contributed by atoms with Gasteiger partial charge in [0.1, 0.15) is 4.99 Å². The highest BCUT2D eigenvalue weighted by Crippen LogP contribution is 2.25. The molecule has 1 aromatic carbocycles. The molecule has 1 saturated carbocycles. The van der Waals surface area contributed by atoms with E-state index in [1.165, 1.54) is 18.4 Å². The van der Waals surface area contributed by atoms with Crippen LogP contribution in [0.15, 0.2) is 18.2 Å². The Kier molecular flexibility index (Phi) is 4.19. The summed E-state index contributed by atoms with van der Waals surface area (Å²) in [4.78, 5) is 2.86. The third-order valence-corrected chi connectivity index (χ3v) is 3.61. The normalized spacial score (nSPS) is 14.8. The minimum absolute atomic E-state index is 0.452. The first-order valence-electron chi connectivity index (χ1n) is 6.42. The number of nitrogens with one attached hydrogen (secondary N) is 1. The molecule has 1 aliphatic rings. The monoisotopic (exact) mass is 263 g/mol. The number of aryl methyl sites for hydroxylation is 1. The second kappa shape index (κ2) is 5.67. The SMILES string of the molecule is Cc1ccc(C(N)=S)c(NCCN(C)C2CC2)c1. The predicted molar refractivity (Wildman–Crippen MR) is 81.2 cm³/mol. The molecule has 0 spiro atoms. The van der Waals surface area contributed by atoms with Crippen LogP contribution in [0.1, 0.15) is 24.0 Å². The molecule has 3 nitrogen and oxygen atoms in total. The molecule has 98 valence electrons. The molecule has 1 aliphatic carbocycles. The van der Waals surface area contributed by atoms with E-state index >= 15 is 0 Å². The van der Waals surface area contributed by atoms with Crippen molar-refractivity contribution in [3.8, 4) is 0 Å². The summed E-state index contributed by atoms with van der Waals surface area (Å²) >= 11 is 5.07. The van der Waals surface area contributed by atoms with Crippen molar-refractivity contribution in [3.05, 3.63) is 29.3 Å². The van der Waals surface area contributed by atoms with E-state index in [2.05, 4.69) is 30.3 Å². The van der Waals surface area contributed by atoms with E-state index in [9.17, 15) is 0 Å². The largest absolute Gasteiger partial charge is 0.389 e. The lowest BCUT2D eigenvalue weighted by atomic mass is 10.1. The Labute approximate surface area is 114 Å². The molecule has 4 heteroatoms. The highest BCUT2D eigenvalue weighted by molar-refractivity contribution is 7.80. The van der Waals surface area contributed by atoms with Crippen LogP contribution >= 0.6 is 12.2 Å². The average molecular weight is 263 g/mol. The van der Waals surface area contributed by atoms with E-state index in [4.69, 9.17) is 18.0 Å². The molecule has 0 bridgehead atoms. The van der Waals surface area contributed by atoms with E-state index < -0.39 is 0 Å². The molecular weight excluding hydrogens is 242 g/mol. The summed E-state index contributed by atoms with van der Waals surface area (Å²) in [6, 6.07) is 6.94. The van der Waals surface area contributed by atoms with E-state index in [0.717, 1.165) is 30.4 Å². The zero-order chi connectivity index (χ0) is 13.1. The lowest BCUT2D eigenvalue weighted by Crippen LogP contribution is -2.27. The summed E-state index contributed by atoms with van der Waals surface area (Å²) in [5.41, 5.74) is 8.93. The number of thiocarbonyl (C=S) groups is 1. The van der Waals surface area contributed by atoms with Crippen LogP contribution in [0.2, 0.25) is 0 Å². The molecule has 0 heterocycles. The van der Waals surface area contributed by atoms with Crippen molar-refractivity contribution in [1.29, 1.82) is 0 Å². The van der Waals surface area contributed by atoms with Gasteiger partial charge in [0.2, 0.25) is 0 Å². The number of hydrogen-bond donors (Lipinski definition) is 2. The standard InChI is InChI=1S/C14H21N3S/c1-10-3-6-12(14(15)18)13(9-10)16-7-8-17(2)11-4-5-11/h3,6,9,11,16H,4-5,7-8H2,1-2H3,(H2,15,18). The second-order valence-electron chi connectivity index (χ2n) is 5.05. The predicted octanol–water partition coefficient (Wildman–Crippen LogP) is 2.14. The number of nitrogens with zero attached hydrogens (tertiary/aromatic N) is 1. The summed E-state index contributed by atoms with van der Waals surface area (Å²) in [7, 11) is 2.18. The van der Waals surface area contributed by atoms with Crippen LogP contribution in [0.25, 0.3) is 0 Å². The van der Waals surface area contributed by atoms with Gasteiger partial charge in [-0.1, -0.05) is 18.3 Å². The van der Waals surface area contributed by atoms with Gasteiger partial charge in [-0.15, -0.1) is 0 Å². The van der Waals surface area contributed by atoms with Gasteiger partial charge >= 0.3 is 0 Å². The fraction of sp³-hybridized carbons (Fsp3) is 0.500. The summed E-state index contributed by atoms with van der Waals surface area (Å²) < 4.78 is 0. The number of nitrogens with two attached hydrogens (primary N) is 1. The van der Waals surface area contributed by atoms with Crippen molar-refractivity contribution >= 4 is 22.9 Å². The number of benzene rings is 1. The van der Waals surface area contributed by atoms with E-state index in [1.807, 2.05) is 12.1 Å². The molecule has 0 amide bonds. The topological polar surface area (TPSA) is 41.3 Å². The minimum Gasteiger partial charge on any atom is -0.389 e. The van der Waals surface area contributed by atoms with Crippen molar-refractivity contribution in [3.63, 3.8) is 0 Å². The number of anilines is 1. The Hall–Kier alpha value is -1.13. The second-order valence-corrected chi connectivity index (χ2v) is 5.49. The van der Waals surface area contributed by atoms with Gasteiger partial charge in [0.15, 0.2) is 0 Å². The van der Waals surface area contributed by atoms with Gasteiger partial charge in [-0.25, -0.2) is 0 Å².